The SMILES string of the molecule is Cc1cccc2ccnc(N(C(=O)N3CCC[C@@H](c4ccc(-n5cc6cccc(C(N)=O)c6n5)cc4)C3)[C@@H]3CCCNC3)c12. The van der Waals surface area contributed by atoms with Crippen LogP contribution in [0.5, 0.6) is 0 Å². The summed E-state index contributed by atoms with van der Waals surface area (Å²) >= 11 is 0. The molecule has 2 aliphatic rings. The molecule has 3 aromatic carbocycles. The summed E-state index contributed by atoms with van der Waals surface area (Å²) in [5.41, 5.74) is 9.80. The van der Waals surface area contributed by atoms with Crippen molar-refractivity contribution in [1.29, 1.82) is 0 Å². The van der Waals surface area contributed by atoms with Crippen molar-refractivity contribution >= 4 is 39.4 Å². The first-order valence-corrected chi connectivity index (χ1v) is 15.5. The van der Waals surface area contributed by atoms with Crippen LogP contribution in [0.3, 0.4) is 0 Å². The fourth-order valence-electron chi connectivity index (χ4n) is 6.89. The van der Waals surface area contributed by atoms with E-state index in [-0.39, 0.29) is 18.0 Å². The number of aryl methyl sites for hydroxylation is 1. The number of anilines is 1. The second-order valence-electron chi connectivity index (χ2n) is 12.0. The number of nitrogens with zero attached hydrogens (tertiary/aromatic N) is 5. The van der Waals surface area contributed by atoms with Crippen molar-refractivity contribution in [3.05, 3.63) is 95.8 Å². The number of urea groups is 1. The highest BCUT2D eigenvalue weighted by molar-refractivity contribution is 6.05. The van der Waals surface area contributed by atoms with E-state index >= 15 is 0 Å². The fraction of sp³-hybridized carbons (Fsp3) is 0.314. The Bertz CT molecular complexity index is 1840. The second-order valence-corrected chi connectivity index (χ2v) is 12.0. The van der Waals surface area contributed by atoms with Crippen LogP contribution in [0, 0.1) is 6.92 Å². The molecular formula is C35H37N7O2. The van der Waals surface area contributed by atoms with E-state index in [9.17, 15) is 9.59 Å². The molecule has 0 saturated carbocycles. The Hall–Kier alpha value is -4.76. The van der Waals surface area contributed by atoms with Gasteiger partial charge in [0, 0.05) is 48.7 Å². The van der Waals surface area contributed by atoms with Gasteiger partial charge in [-0.25, -0.2) is 14.5 Å². The van der Waals surface area contributed by atoms with E-state index in [1.807, 2.05) is 40.4 Å². The summed E-state index contributed by atoms with van der Waals surface area (Å²) in [5, 5.41) is 11.2. The van der Waals surface area contributed by atoms with E-state index < -0.39 is 5.91 Å². The number of hydrogen-bond acceptors (Lipinski definition) is 5. The average Bonchev–Trinajstić information content (AvgIpc) is 3.50. The van der Waals surface area contributed by atoms with Gasteiger partial charge in [0.05, 0.1) is 17.3 Å². The van der Waals surface area contributed by atoms with Crippen LogP contribution in [0.2, 0.25) is 0 Å². The number of pyridine rings is 1. The number of carbonyl (C=O) groups is 2. The van der Waals surface area contributed by atoms with E-state index in [1.54, 1.807) is 10.7 Å². The lowest BCUT2D eigenvalue weighted by molar-refractivity contribution is 0.100. The minimum absolute atomic E-state index is 0.0387. The smallest absolute Gasteiger partial charge is 0.326 e. The van der Waals surface area contributed by atoms with Crippen LogP contribution in [0.4, 0.5) is 10.6 Å². The van der Waals surface area contributed by atoms with Crippen LogP contribution < -0.4 is 16.0 Å². The molecule has 2 aliphatic heterocycles. The minimum atomic E-state index is -0.489. The molecule has 9 nitrogen and oxygen atoms in total. The van der Waals surface area contributed by atoms with Gasteiger partial charge in [0.1, 0.15) is 11.3 Å². The summed E-state index contributed by atoms with van der Waals surface area (Å²) in [7, 11) is 0. The molecular weight excluding hydrogens is 550 g/mol. The van der Waals surface area contributed by atoms with Gasteiger partial charge >= 0.3 is 6.03 Å². The van der Waals surface area contributed by atoms with E-state index in [0.717, 1.165) is 78.5 Å². The molecule has 3 amide bonds. The van der Waals surface area contributed by atoms with Crippen molar-refractivity contribution in [2.24, 2.45) is 5.73 Å². The third-order valence-corrected chi connectivity index (χ3v) is 9.17. The summed E-state index contributed by atoms with van der Waals surface area (Å²) in [5.74, 6) is 0.502. The predicted octanol–water partition coefficient (Wildman–Crippen LogP) is 5.54. The van der Waals surface area contributed by atoms with Crippen molar-refractivity contribution in [1.82, 2.24) is 25.0 Å². The van der Waals surface area contributed by atoms with Gasteiger partial charge in [0.2, 0.25) is 0 Å². The standard InChI is InChI=1S/C35H37N7O2/c1-23-6-2-7-25-16-18-38-34(31(23)25)42(29-10-4-17-37-20-29)35(44)40-19-5-9-26(21-40)24-12-14-28(15-13-24)41-22-27-8-3-11-30(33(36)43)32(27)39-41/h2-3,6-8,11-16,18,22,26,29,37H,4-5,9-10,17,19-21H2,1H3,(H2,36,43)/t26-,29-/m1/s1. The number of likely N-dealkylation sites (tertiary alicyclic amines) is 1. The van der Waals surface area contributed by atoms with E-state index in [1.165, 1.54) is 5.56 Å². The van der Waals surface area contributed by atoms with Crippen molar-refractivity contribution < 1.29 is 9.59 Å². The van der Waals surface area contributed by atoms with Gasteiger partial charge in [0.25, 0.3) is 5.91 Å². The molecule has 0 unspecified atom stereocenters. The largest absolute Gasteiger partial charge is 0.366 e. The summed E-state index contributed by atoms with van der Waals surface area (Å²) in [6.45, 7) is 5.22. The fourth-order valence-corrected chi connectivity index (χ4v) is 6.89. The van der Waals surface area contributed by atoms with E-state index in [0.29, 0.717) is 17.6 Å². The van der Waals surface area contributed by atoms with E-state index in [2.05, 4.69) is 59.8 Å². The van der Waals surface area contributed by atoms with Crippen LogP contribution in [0.25, 0.3) is 27.4 Å². The molecule has 0 bridgehead atoms. The number of hydrogen-bond donors (Lipinski definition) is 2. The van der Waals surface area contributed by atoms with Crippen LogP contribution in [-0.2, 0) is 0 Å². The van der Waals surface area contributed by atoms with Crippen molar-refractivity contribution in [3.8, 4) is 5.69 Å². The predicted molar refractivity (Wildman–Crippen MR) is 173 cm³/mol. The number of fused-ring (bicyclic) bond motifs is 2. The molecule has 7 rings (SSSR count). The Morgan fingerprint density at radius 3 is 2.59 bits per heavy atom. The Labute approximate surface area is 256 Å². The van der Waals surface area contributed by atoms with Gasteiger partial charge in [-0.2, -0.15) is 5.10 Å². The number of aromatic nitrogens is 3. The molecule has 0 radical (unpaired) electrons. The first-order chi connectivity index (χ1) is 21.5. The third-order valence-electron chi connectivity index (χ3n) is 9.17. The molecule has 0 aliphatic carbocycles. The molecule has 9 heteroatoms. The molecule has 0 spiro atoms. The first kappa shape index (κ1) is 28.0. The highest BCUT2D eigenvalue weighted by Gasteiger charge is 2.35. The molecule has 2 fully saturated rings. The normalized spacial score (nSPS) is 18.9. The molecule has 2 atom stereocenters. The number of primary amides is 1. The van der Waals surface area contributed by atoms with Crippen molar-refractivity contribution in [3.63, 3.8) is 0 Å². The maximum absolute atomic E-state index is 14.5. The van der Waals surface area contributed by atoms with Crippen LogP contribution >= 0.6 is 0 Å². The molecule has 2 saturated heterocycles. The van der Waals surface area contributed by atoms with Crippen LogP contribution in [-0.4, -0.2) is 63.8 Å². The summed E-state index contributed by atoms with van der Waals surface area (Å²) < 4.78 is 1.78. The van der Waals surface area contributed by atoms with E-state index in [4.69, 9.17) is 10.7 Å². The number of nitrogens with one attached hydrogen (secondary N) is 1. The molecule has 2 aromatic heterocycles. The maximum Gasteiger partial charge on any atom is 0.326 e. The number of piperidine rings is 2. The van der Waals surface area contributed by atoms with Gasteiger partial charge in [-0.05, 0) is 79.9 Å². The number of amides is 3. The second kappa shape index (κ2) is 11.7. The van der Waals surface area contributed by atoms with Gasteiger partial charge < -0.3 is 16.0 Å². The zero-order valence-electron chi connectivity index (χ0n) is 24.9. The lowest BCUT2D eigenvalue weighted by Crippen LogP contribution is -2.55. The van der Waals surface area contributed by atoms with Gasteiger partial charge in [0.15, 0.2) is 0 Å². The first-order valence-electron chi connectivity index (χ1n) is 15.5. The van der Waals surface area contributed by atoms with Crippen molar-refractivity contribution in [2.45, 2.75) is 44.6 Å². The topological polar surface area (TPSA) is 109 Å². The van der Waals surface area contributed by atoms with Crippen molar-refractivity contribution in [2.75, 3.05) is 31.1 Å². The monoisotopic (exact) mass is 587 g/mol. The molecule has 4 heterocycles. The van der Waals surface area contributed by atoms with Gasteiger partial charge in [-0.1, -0.05) is 42.5 Å². The number of benzene rings is 3. The Morgan fingerprint density at radius 2 is 1.80 bits per heavy atom. The van der Waals surface area contributed by atoms with Crippen LogP contribution in [0.15, 0.2) is 79.1 Å². The Balaban J connectivity index is 1.15. The third kappa shape index (κ3) is 5.17. The number of carbonyl (C=O) groups excluding carboxylic acids is 2. The molecule has 44 heavy (non-hydrogen) atoms. The maximum atomic E-state index is 14.5. The quantitative estimate of drug-likeness (QED) is 0.281. The lowest BCUT2D eigenvalue weighted by atomic mass is 9.90. The molecule has 5 aromatic rings. The van der Waals surface area contributed by atoms with Gasteiger partial charge in [-0.3, -0.25) is 9.69 Å². The van der Waals surface area contributed by atoms with Gasteiger partial charge in [-0.15, -0.1) is 0 Å². The summed E-state index contributed by atoms with van der Waals surface area (Å²) in [6, 6.07) is 22.2. The zero-order valence-corrected chi connectivity index (χ0v) is 24.9. The highest BCUT2D eigenvalue weighted by atomic mass is 16.2. The Morgan fingerprint density at radius 1 is 0.977 bits per heavy atom. The van der Waals surface area contributed by atoms with Crippen LogP contribution in [0.1, 0.15) is 53.1 Å². The summed E-state index contributed by atoms with van der Waals surface area (Å²) in [6.07, 6.45) is 7.68. The molecule has 3 N–H and O–H groups in total. The zero-order chi connectivity index (χ0) is 30.2. The number of rotatable bonds is 5. The Kier molecular flexibility index (Phi) is 7.47. The summed E-state index contributed by atoms with van der Waals surface area (Å²) in [4.78, 5) is 35.2. The minimum Gasteiger partial charge on any atom is -0.366 e. The average molecular weight is 588 g/mol. The molecule has 224 valence electrons. The lowest BCUT2D eigenvalue weighted by Gasteiger charge is -2.40. The number of nitrogens with two attached hydrogens (primary N) is 1. The highest BCUT2D eigenvalue weighted by Crippen LogP contribution is 2.34.